The molecule has 0 saturated carbocycles. The summed E-state index contributed by atoms with van der Waals surface area (Å²) in [5, 5.41) is 10.6. The molecule has 1 aromatic carbocycles. The van der Waals surface area contributed by atoms with E-state index in [4.69, 9.17) is 5.11 Å². The molecule has 98 valence electrons. The summed E-state index contributed by atoms with van der Waals surface area (Å²) in [6, 6.07) is 5.42. The topological polar surface area (TPSA) is 20.2 Å². The highest BCUT2D eigenvalue weighted by Crippen LogP contribution is 2.29. The van der Waals surface area contributed by atoms with E-state index in [0.29, 0.717) is 10.6 Å². The summed E-state index contributed by atoms with van der Waals surface area (Å²) in [5.74, 6) is 4.87. The molecular formula is C14H10F2OS2. The first-order valence-electron chi connectivity index (χ1n) is 5.44. The fourth-order valence-electron chi connectivity index (χ4n) is 1.43. The highest BCUT2D eigenvalue weighted by Gasteiger charge is 2.07. The summed E-state index contributed by atoms with van der Waals surface area (Å²) in [6.07, 6.45) is 0. The summed E-state index contributed by atoms with van der Waals surface area (Å²) in [7, 11) is 0. The molecule has 2 rings (SSSR count). The van der Waals surface area contributed by atoms with Gasteiger partial charge in [-0.15, -0.1) is 23.1 Å². The maximum absolute atomic E-state index is 13.5. The summed E-state index contributed by atoms with van der Waals surface area (Å²) >= 11 is 2.83. The van der Waals surface area contributed by atoms with E-state index in [2.05, 4.69) is 11.8 Å². The number of hydrogen-bond donors (Lipinski definition) is 1. The molecule has 0 radical (unpaired) electrons. The van der Waals surface area contributed by atoms with Crippen LogP contribution >= 0.6 is 23.1 Å². The van der Waals surface area contributed by atoms with Gasteiger partial charge in [0.2, 0.25) is 0 Å². The standard InChI is InChI=1S/C14H10F2OS2/c15-11-3-4-13(12(16)8-11)19-9-14-10(2-1-6-17)5-7-18-14/h3-5,7-8,17H,6,9H2. The van der Waals surface area contributed by atoms with Gasteiger partial charge in [0, 0.05) is 27.2 Å². The van der Waals surface area contributed by atoms with Crippen LogP contribution in [-0.2, 0) is 5.75 Å². The average Bonchev–Trinajstić information content (AvgIpc) is 2.83. The lowest BCUT2D eigenvalue weighted by Crippen LogP contribution is -1.86. The molecule has 0 spiro atoms. The second kappa shape index (κ2) is 6.71. The molecule has 0 aliphatic heterocycles. The van der Waals surface area contributed by atoms with Crippen LogP contribution in [0.2, 0.25) is 0 Å². The van der Waals surface area contributed by atoms with Gasteiger partial charge >= 0.3 is 0 Å². The van der Waals surface area contributed by atoms with Crippen molar-refractivity contribution in [3.05, 3.63) is 51.7 Å². The number of rotatable bonds is 3. The molecule has 0 unspecified atom stereocenters. The summed E-state index contributed by atoms with van der Waals surface area (Å²) in [5.41, 5.74) is 0.842. The van der Waals surface area contributed by atoms with Crippen molar-refractivity contribution in [3.63, 3.8) is 0 Å². The number of benzene rings is 1. The largest absolute Gasteiger partial charge is 0.384 e. The number of halogens is 2. The molecule has 0 amide bonds. The van der Waals surface area contributed by atoms with Crippen molar-refractivity contribution in [2.45, 2.75) is 10.6 Å². The van der Waals surface area contributed by atoms with Crippen LogP contribution in [0.3, 0.4) is 0 Å². The third kappa shape index (κ3) is 3.80. The van der Waals surface area contributed by atoms with Crippen molar-refractivity contribution in [3.8, 4) is 11.8 Å². The molecule has 0 bridgehead atoms. The molecule has 0 aliphatic rings. The first-order chi connectivity index (χ1) is 9.20. The molecule has 19 heavy (non-hydrogen) atoms. The normalized spacial score (nSPS) is 10.1. The van der Waals surface area contributed by atoms with Gasteiger partial charge in [0.15, 0.2) is 0 Å². The molecule has 2 aromatic rings. The molecular weight excluding hydrogens is 286 g/mol. The first-order valence-corrected chi connectivity index (χ1v) is 7.31. The fourth-order valence-corrected chi connectivity index (χ4v) is 3.30. The van der Waals surface area contributed by atoms with Gasteiger partial charge in [-0.3, -0.25) is 0 Å². The Morgan fingerprint density at radius 3 is 2.84 bits per heavy atom. The molecule has 1 N–H and O–H groups in total. The zero-order valence-electron chi connectivity index (χ0n) is 9.82. The Hall–Kier alpha value is -1.35. The van der Waals surface area contributed by atoms with Crippen molar-refractivity contribution in [1.29, 1.82) is 0 Å². The molecule has 5 heteroatoms. The van der Waals surface area contributed by atoms with Crippen LogP contribution in [0, 0.1) is 23.5 Å². The van der Waals surface area contributed by atoms with Gasteiger partial charge in [0.25, 0.3) is 0 Å². The number of aliphatic hydroxyl groups excluding tert-OH is 1. The van der Waals surface area contributed by atoms with Crippen LogP contribution in [0.15, 0.2) is 34.5 Å². The van der Waals surface area contributed by atoms with E-state index in [1.165, 1.54) is 35.2 Å². The maximum Gasteiger partial charge on any atom is 0.139 e. The molecule has 0 fully saturated rings. The summed E-state index contributed by atoms with van der Waals surface area (Å²) in [4.78, 5) is 1.42. The minimum Gasteiger partial charge on any atom is -0.384 e. The third-order valence-electron chi connectivity index (χ3n) is 2.30. The lowest BCUT2D eigenvalue weighted by atomic mass is 10.3. The maximum atomic E-state index is 13.5. The molecule has 0 aliphatic carbocycles. The second-order valence-electron chi connectivity index (χ2n) is 3.58. The van der Waals surface area contributed by atoms with Crippen LogP contribution in [0.1, 0.15) is 10.4 Å². The van der Waals surface area contributed by atoms with Gasteiger partial charge in [0.1, 0.15) is 18.2 Å². The van der Waals surface area contributed by atoms with E-state index in [1.54, 1.807) is 0 Å². The van der Waals surface area contributed by atoms with Crippen LogP contribution in [-0.4, -0.2) is 11.7 Å². The number of thiophene rings is 1. The number of hydrogen-bond acceptors (Lipinski definition) is 3. The van der Waals surface area contributed by atoms with E-state index < -0.39 is 11.6 Å². The average molecular weight is 296 g/mol. The Balaban J connectivity index is 2.08. The summed E-state index contributed by atoms with van der Waals surface area (Å²) < 4.78 is 26.2. The lowest BCUT2D eigenvalue weighted by molar-refractivity contribution is 0.350. The van der Waals surface area contributed by atoms with Gasteiger partial charge < -0.3 is 5.11 Å². The molecule has 0 saturated heterocycles. The van der Waals surface area contributed by atoms with Gasteiger partial charge in [-0.05, 0) is 23.6 Å². The minimum atomic E-state index is -0.576. The number of thioether (sulfide) groups is 1. The van der Waals surface area contributed by atoms with Crippen LogP contribution in [0.25, 0.3) is 0 Å². The smallest absolute Gasteiger partial charge is 0.139 e. The van der Waals surface area contributed by atoms with Crippen molar-refractivity contribution in [1.82, 2.24) is 0 Å². The Kier molecular flexibility index (Phi) is 4.97. The molecule has 0 atom stereocenters. The Morgan fingerprint density at radius 2 is 2.11 bits per heavy atom. The molecule has 1 nitrogen and oxygen atoms in total. The highest BCUT2D eigenvalue weighted by atomic mass is 32.2. The predicted molar refractivity (Wildman–Crippen MR) is 74.2 cm³/mol. The molecule has 1 aromatic heterocycles. The van der Waals surface area contributed by atoms with E-state index in [0.717, 1.165) is 16.5 Å². The zero-order valence-corrected chi connectivity index (χ0v) is 11.5. The van der Waals surface area contributed by atoms with Gasteiger partial charge in [0.05, 0.1) is 0 Å². The predicted octanol–water partition coefficient (Wildman–Crippen LogP) is 3.66. The Bertz CT molecular complexity index is 626. The monoisotopic (exact) mass is 296 g/mol. The molecule has 1 heterocycles. The van der Waals surface area contributed by atoms with Crippen LogP contribution < -0.4 is 0 Å². The van der Waals surface area contributed by atoms with Crippen molar-refractivity contribution < 1.29 is 13.9 Å². The SMILES string of the molecule is OCC#Cc1ccsc1CSc1ccc(F)cc1F. The third-order valence-corrected chi connectivity index (χ3v) is 4.48. The number of aliphatic hydroxyl groups is 1. The van der Waals surface area contributed by atoms with E-state index in [1.807, 2.05) is 11.4 Å². The van der Waals surface area contributed by atoms with Crippen molar-refractivity contribution in [2.75, 3.05) is 6.61 Å². The zero-order chi connectivity index (χ0) is 13.7. The lowest BCUT2D eigenvalue weighted by Gasteiger charge is -2.02. The highest BCUT2D eigenvalue weighted by molar-refractivity contribution is 7.98. The van der Waals surface area contributed by atoms with Gasteiger partial charge in [-0.2, -0.15) is 0 Å². The first kappa shape index (κ1) is 14.1. The van der Waals surface area contributed by atoms with Crippen LogP contribution in [0.4, 0.5) is 8.78 Å². The van der Waals surface area contributed by atoms with Gasteiger partial charge in [-0.25, -0.2) is 8.78 Å². The van der Waals surface area contributed by atoms with Crippen LogP contribution in [0.5, 0.6) is 0 Å². The second-order valence-corrected chi connectivity index (χ2v) is 5.60. The van der Waals surface area contributed by atoms with E-state index >= 15 is 0 Å². The van der Waals surface area contributed by atoms with Crippen molar-refractivity contribution >= 4 is 23.1 Å². The van der Waals surface area contributed by atoms with Gasteiger partial charge in [-0.1, -0.05) is 11.8 Å². The van der Waals surface area contributed by atoms with E-state index in [-0.39, 0.29) is 6.61 Å². The Labute approximate surface area is 118 Å². The quantitative estimate of drug-likeness (QED) is 0.689. The fraction of sp³-hybridized carbons (Fsp3) is 0.143. The summed E-state index contributed by atoms with van der Waals surface area (Å²) in [6.45, 7) is -0.185. The van der Waals surface area contributed by atoms with Crippen molar-refractivity contribution in [2.24, 2.45) is 0 Å². The minimum absolute atomic E-state index is 0.185. The van der Waals surface area contributed by atoms with E-state index in [9.17, 15) is 8.78 Å². The Morgan fingerprint density at radius 1 is 1.26 bits per heavy atom.